The molecule has 0 atom stereocenters. The number of hydrogen-bond donors (Lipinski definition) is 3. The number of nitrogens with two attached hydrogens (primary N) is 1. The number of nitrogens with one attached hydrogen (secondary N) is 2. The summed E-state index contributed by atoms with van der Waals surface area (Å²) in [5.41, 5.74) is 8.96. The fourth-order valence-corrected chi connectivity index (χ4v) is 3.44. The van der Waals surface area contributed by atoms with Gasteiger partial charge in [0.25, 0.3) is 0 Å². The van der Waals surface area contributed by atoms with E-state index in [0.29, 0.717) is 35.2 Å². The van der Waals surface area contributed by atoms with E-state index in [1.54, 1.807) is 36.6 Å². The molecule has 0 bridgehead atoms. The zero-order chi connectivity index (χ0) is 22.6. The summed E-state index contributed by atoms with van der Waals surface area (Å²) in [6.45, 7) is 0.365. The number of nitrogens with zero attached hydrogens (tertiary/aromatic N) is 2. The first-order chi connectivity index (χ1) is 16.2. The van der Waals surface area contributed by atoms with Crippen molar-refractivity contribution in [2.24, 2.45) is 10.7 Å². The molecule has 0 saturated heterocycles. The van der Waals surface area contributed by atoms with Crippen LogP contribution < -0.4 is 36.8 Å². The van der Waals surface area contributed by atoms with Crippen LogP contribution in [0.4, 0.5) is 21.9 Å². The lowest BCUT2D eigenvalue weighted by Crippen LogP contribution is -2.42. The Morgan fingerprint density at radius 3 is 2.21 bits per heavy atom. The fraction of sp³-hybridized carbons (Fsp3) is 0.0400. The van der Waals surface area contributed by atoms with Gasteiger partial charge in [-0.3, -0.25) is 0 Å². The van der Waals surface area contributed by atoms with Crippen molar-refractivity contribution in [3.63, 3.8) is 0 Å². The summed E-state index contributed by atoms with van der Waals surface area (Å²) in [4.78, 5) is 18.6. The van der Waals surface area contributed by atoms with E-state index in [9.17, 15) is 4.79 Å². The molecule has 1 aliphatic heterocycles. The zero-order valence-electron chi connectivity index (χ0n) is 17.6. The van der Waals surface area contributed by atoms with Gasteiger partial charge in [-0.15, -0.1) is 0 Å². The van der Waals surface area contributed by atoms with Crippen LogP contribution in [-0.2, 0) is 0 Å². The third kappa shape index (κ3) is 4.49. The lowest BCUT2D eigenvalue weighted by molar-refractivity contribution is 0.262. The molecule has 4 N–H and O–H groups in total. The lowest BCUT2D eigenvalue weighted by Gasteiger charge is -2.24. The van der Waals surface area contributed by atoms with Crippen molar-refractivity contribution in [1.29, 1.82) is 0 Å². The predicted molar refractivity (Wildman–Crippen MR) is 126 cm³/mol. The number of rotatable bonds is 5. The van der Waals surface area contributed by atoms with Gasteiger partial charge in [0.05, 0.1) is 11.5 Å². The number of benzene rings is 3. The Morgan fingerprint density at radius 2 is 1.52 bits per heavy atom. The minimum absolute atomic E-state index is 0.346. The lowest BCUT2D eigenvalue weighted by atomic mass is 10.2. The number of carbonyl (C=O) groups excluding carboxylic acids is 1. The second-order valence-corrected chi connectivity index (χ2v) is 7.32. The average Bonchev–Trinajstić information content (AvgIpc) is 3.32. The van der Waals surface area contributed by atoms with Gasteiger partial charge in [-0.25, -0.2) is 9.79 Å². The van der Waals surface area contributed by atoms with Crippen LogP contribution in [0.3, 0.4) is 0 Å². The second-order valence-electron chi connectivity index (χ2n) is 7.32. The van der Waals surface area contributed by atoms with Crippen LogP contribution >= 0.6 is 0 Å². The number of para-hydroxylation sites is 1. The molecule has 0 spiro atoms. The van der Waals surface area contributed by atoms with E-state index in [1.807, 2.05) is 59.5 Å². The summed E-state index contributed by atoms with van der Waals surface area (Å²) in [5, 5.41) is 6.40. The van der Waals surface area contributed by atoms with Crippen molar-refractivity contribution in [1.82, 2.24) is 0 Å². The van der Waals surface area contributed by atoms with E-state index < -0.39 is 0 Å². The van der Waals surface area contributed by atoms with E-state index in [-0.39, 0.29) is 6.03 Å². The van der Waals surface area contributed by atoms with Gasteiger partial charge >= 0.3 is 6.03 Å². The molecule has 1 aliphatic rings. The average molecular weight is 439 g/mol. The smallest absolute Gasteiger partial charge is 0.323 e. The fourth-order valence-electron chi connectivity index (χ4n) is 3.44. The van der Waals surface area contributed by atoms with Gasteiger partial charge in [-0.2, -0.15) is 0 Å². The number of hydrogen-bond acceptors (Lipinski definition) is 6. The minimum atomic E-state index is -0.346. The maximum absolute atomic E-state index is 12.4. The third-order valence-electron chi connectivity index (χ3n) is 5.10. The van der Waals surface area contributed by atoms with Crippen molar-refractivity contribution in [3.05, 3.63) is 102 Å². The Morgan fingerprint density at radius 1 is 0.879 bits per heavy atom. The largest absolute Gasteiger partial charge is 0.457 e. The molecular formula is C25H21N5O3. The van der Waals surface area contributed by atoms with Gasteiger partial charge in [0, 0.05) is 17.1 Å². The van der Waals surface area contributed by atoms with E-state index in [4.69, 9.17) is 14.9 Å². The number of anilines is 3. The van der Waals surface area contributed by atoms with Crippen LogP contribution in [0.15, 0.2) is 101 Å². The zero-order valence-corrected chi connectivity index (χ0v) is 17.6. The van der Waals surface area contributed by atoms with Gasteiger partial charge < -0.3 is 30.4 Å². The van der Waals surface area contributed by atoms with Crippen molar-refractivity contribution in [2.75, 3.05) is 22.2 Å². The Kier molecular flexibility index (Phi) is 5.38. The molecule has 1 aromatic heterocycles. The van der Waals surface area contributed by atoms with Crippen LogP contribution in [0.1, 0.15) is 0 Å². The molecule has 8 nitrogen and oxygen atoms in total. The number of ether oxygens (including phenoxy) is 1. The summed E-state index contributed by atoms with van der Waals surface area (Å²) in [6.07, 6.45) is 1.57. The molecular weight excluding hydrogens is 418 g/mol. The highest BCUT2D eigenvalue weighted by Crippen LogP contribution is 2.23. The first-order valence-electron chi connectivity index (χ1n) is 10.3. The van der Waals surface area contributed by atoms with E-state index in [0.717, 1.165) is 16.7 Å². The second kappa shape index (κ2) is 8.80. The van der Waals surface area contributed by atoms with Gasteiger partial charge in [0.15, 0.2) is 0 Å². The Hall–Kier alpha value is -4.72. The first kappa shape index (κ1) is 20.2. The van der Waals surface area contributed by atoms with Crippen LogP contribution in [0, 0.1) is 0 Å². The quantitative estimate of drug-likeness (QED) is 0.438. The molecule has 0 saturated carbocycles. The van der Waals surface area contributed by atoms with Crippen LogP contribution in [0.2, 0.25) is 0 Å². The molecule has 0 radical (unpaired) electrons. The topological polar surface area (TPSA) is 105 Å². The monoisotopic (exact) mass is 439 g/mol. The highest BCUT2D eigenvalue weighted by atomic mass is 16.5. The summed E-state index contributed by atoms with van der Waals surface area (Å²) in [6, 6.07) is 25.5. The molecule has 0 aliphatic carbocycles. The minimum Gasteiger partial charge on any atom is -0.457 e. The number of furan rings is 1. The summed E-state index contributed by atoms with van der Waals surface area (Å²) < 4.78 is 11.1. The molecule has 2 heterocycles. The normalized spacial score (nSPS) is 12.5. The van der Waals surface area contributed by atoms with Crippen LogP contribution in [0.25, 0.3) is 5.82 Å². The summed E-state index contributed by atoms with van der Waals surface area (Å²) in [7, 11) is 0. The standard InChI is InChI=1S/C25H21N5O3/c26-23-22-14-15-32-24(22)27-16-30(23)19-10-6-17(7-11-19)28-25(31)29-18-8-12-21(13-9-18)33-20-4-2-1-3-5-20/h1-15H,16,26H2,(H2,28,29,31). The van der Waals surface area contributed by atoms with Crippen molar-refractivity contribution >= 4 is 28.9 Å². The molecule has 4 aromatic rings. The molecule has 2 amide bonds. The SMILES string of the molecule is NC1=c2ccoc2=NCN1c1ccc(NC(=O)Nc2ccc(Oc3ccccc3)cc2)cc1. The third-order valence-corrected chi connectivity index (χ3v) is 5.10. The number of fused-ring (bicyclic) bond motifs is 1. The Labute approximate surface area is 189 Å². The van der Waals surface area contributed by atoms with E-state index >= 15 is 0 Å². The maximum atomic E-state index is 12.4. The van der Waals surface area contributed by atoms with Gasteiger partial charge in [0.1, 0.15) is 24.0 Å². The molecule has 33 heavy (non-hydrogen) atoms. The molecule has 164 valence electrons. The van der Waals surface area contributed by atoms with E-state index in [1.165, 1.54) is 0 Å². The molecule has 0 unspecified atom stereocenters. The maximum Gasteiger partial charge on any atom is 0.323 e. The van der Waals surface area contributed by atoms with Crippen LogP contribution in [-0.4, -0.2) is 12.7 Å². The Bertz CT molecular complexity index is 1380. The van der Waals surface area contributed by atoms with Crippen molar-refractivity contribution in [3.8, 4) is 11.5 Å². The van der Waals surface area contributed by atoms with Gasteiger partial charge in [-0.05, 0) is 66.7 Å². The summed E-state index contributed by atoms with van der Waals surface area (Å²) >= 11 is 0. The first-order valence-corrected chi connectivity index (χ1v) is 10.3. The molecule has 3 aromatic carbocycles. The number of carbonyl (C=O) groups is 1. The highest BCUT2D eigenvalue weighted by Gasteiger charge is 2.15. The van der Waals surface area contributed by atoms with Gasteiger partial charge in [-0.1, -0.05) is 18.2 Å². The Balaban J connectivity index is 1.19. The molecule has 0 fully saturated rings. The predicted octanol–water partition coefficient (Wildman–Crippen LogP) is 3.84. The van der Waals surface area contributed by atoms with Crippen molar-refractivity contribution in [2.45, 2.75) is 0 Å². The molecule has 8 heteroatoms. The number of urea groups is 1. The highest BCUT2D eigenvalue weighted by molar-refractivity contribution is 5.99. The van der Waals surface area contributed by atoms with E-state index in [2.05, 4.69) is 15.6 Å². The number of amides is 2. The summed E-state index contributed by atoms with van der Waals surface area (Å²) in [5.74, 6) is 2.01. The molecule has 5 rings (SSSR count). The van der Waals surface area contributed by atoms with Crippen molar-refractivity contribution < 1.29 is 13.9 Å². The van der Waals surface area contributed by atoms with Gasteiger partial charge in [0.2, 0.25) is 5.55 Å². The van der Waals surface area contributed by atoms with Crippen LogP contribution in [0.5, 0.6) is 11.5 Å².